The predicted molar refractivity (Wildman–Crippen MR) is 80.1 cm³/mol. The maximum atomic E-state index is 12.9. The molecule has 2 aromatic carbocycles. The Kier molecular flexibility index (Phi) is 2.91. The van der Waals surface area contributed by atoms with Gasteiger partial charge in [0.15, 0.2) is 0 Å². The summed E-state index contributed by atoms with van der Waals surface area (Å²) in [5.74, 6) is -0.797. The molecule has 1 heterocycles. The van der Waals surface area contributed by atoms with Gasteiger partial charge in [-0.1, -0.05) is 24.3 Å². The smallest absolute Gasteiger partial charge is 0.252 e. The summed E-state index contributed by atoms with van der Waals surface area (Å²) in [7, 11) is 0. The summed E-state index contributed by atoms with van der Waals surface area (Å²) in [5, 5.41) is 1.18. The third-order valence-electron chi connectivity index (χ3n) is 3.14. The van der Waals surface area contributed by atoms with Crippen molar-refractivity contribution in [2.45, 2.75) is 0 Å². The number of benzene rings is 2. The van der Waals surface area contributed by atoms with E-state index in [0.29, 0.717) is 10.6 Å². The lowest BCUT2D eigenvalue weighted by Gasteiger charge is -2.02. The second-order valence-electron chi connectivity index (χ2n) is 4.42. The van der Waals surface area contributed by atoms with E-state index in [4.69, 9.17) is 11.5 Å². The molecule has 0 atom stereocenters. The van der Waals surface area contributed by atoms with Crippen LogP contribution in [0.5, 0.6) is 0 Å². The molecule has 3 rings (SSSR count). The van der Waals surface area contributed by atoms with Gasteiger partial charge < -0.3 is 11.5 Å². The first kappa shape index (κ1) is 12.6. The van der Waals surface area contributed by atoms with Crippen molar-refractivity contribution in [2.75, 3.05) is 5.73 Å². The molecule has 0 bridgehead atoms. The Bertz CT molecular complexity index is 809. The molecule has 0 spiro atoms. The van der Waals surface area contributed by atoms with E-state index in [2.05, 4.69) is 0 Å². The summed E-state index contributed by atoms with van der Waals surface area (Å²) in [5.41, 5.74) is 13.4. The van der Waals surface area contributed by atoms with E-state index in [9.17, 15) is 9.18 Å². The van der Waals surface area contributed by atoms with Crippen LogP contribution in [-0.4, -0.2) is 5.91 Å². The van der Waals surface area contributed by atoms with Gasteiger partial charge in [-0.05, 0) is 29.3 Å². The predicted octanol–water partition coefficient (Wildman–Crippen LogP) is 3.39. The Morgan fingerprint density at radius 1 is 1.05 bits per heavy atom. The maximum Gasteiger partial charge on any atom is 0.252 e. The van der Waals surface area contributed by atoms with E-state index in [1.54, 1.807) is 12.1 Å². The number of hydrogen-bond donors (Lipinski definition) is 2. The maximum absolute atomic E-state index is 12.9. The lowest BCUT2D eigenvalue weighted by atomic mass is 10.0. The molecule has 0 radical (unpaired) electrons. The highest BCUT2D eigenvalue weighted by Gasteiger charge is 2.15. The Morgan fingerprint density at radius 2 is 1.70 bits per heavy atom. The standard InChI is InChI=1S/C15H11FN2OS/c16-10-4-1-8(2-5-10)9-3-6-11-12(7-9)20-15(18)13(11)14(17)19/h1-7H,18H2,(H2,17,19). The topological polar surface area (TPSA) is 69.1 Å². The number of anilines is 1. The highest BCUT2D eigenvalue weighted by molar-refractivity contribution is 7.23. The number of amides is 1. The fourth-order valence-corrected chi connectivity index (χ4v) is 3.21. The fraction of sp³-hybridized carbons (Fsp3) is 0. The summed E-state index contributed by atoms with van der Waals surface area (Å²) in [6, 6.07) is 11.9. The van der Waals surface area contributed by atoms with E-state index in [-0.39, 0.29) is 5.82 Å². The Labute approximate surface area is 118 Å². The molecule has 1 aromatic heterocycles. The lowest BCUT2D eigenvalue weighted by Crippen LogP contribution is -2.11. The molecule has 0 fully saturated rings. The van der Waals surface area contributed by atoms with Gasteiger partial charge in [0.25, 0.3) is 5.91 Å². The second kappa shape index (κ2) is 4.61. The van der Waals surface area contributed by atoms with E-state index >= 15 is 0 Å². The zero-order chi connectivity index (χ0) is 14.3. The average Bonchev–Trinajstić information content (AvgIpc) is 2.74. The minimum Gasteiger partial charge on any atom is -0.390 e. The van der Waals surface area contributed by atoms with Gasteiger partial charge in [-0.2, -0.15) is 0 Å². The van der Waals surface area contributed by atoms with Crippen molar-refractivity contribution in [3.8, 4) is 11.1 Å². The summed E-state index contributed by atoms with van der Waals surface area (Å²) >= 11 is 1.32. The highest BCUT2D eigenvalue weighted by atomic mass is 32.1. The van der Waals surface area contributed by atoms with Gasteiger partial charge in [-0.3, -0.25) is 4.79 Å². The normalized spacial score (nSPS) is 10.8. The van der Waals surface area contributed by atoms with E-state index in [1.807, 2.05) is 18.2 Å². The number of carbonyl (C=O) groups is 1. The van der Waals surface area contributed by atoms with Crippen LogP contribution in [0.25, 0.3) is 21.2 Å². The van der Waals surface area contributed by atoms with Crippen molar-refractivity contribution < 1.29 is 9.18 Å². The van der Waals surface area contributed by atoms with Gasteiger partial charge in [0.2, 0.25) is 0 Å². The largest absolute Gasteiger partial charge is 0.390 e. The number of fused-ring (bicyclic) bond motifs is 1. The van der Waals surface area contributed by atoms with Crippen LogP contribution in [-0.2, 0) is 0 Å². The summed E-state index contributed by atoms with van der Waals surface area (Å²) < 4.78 is 13.8. The van der Waals surface area contributed by atoms with E-state index in [0.717, 1.165) is 21.2 Å². The van der Waals surface area contributed by atoms with Gasteiger partial charge >= 0.3 is 0 Å². The Morgan fingerprint density at radius 3 is 2.35 bits per heavy atom. The molecular weight excluding hydrogens is 275 g/mol. The molecule has 0 unspecified atom stereocenters. The molecule has 0 saturated carbocycles. The zero-order valence-corrected chi connectivity index (χ0v) is 11.2. The third-order valence-corrected chi connectivity index (χ3v) is 4.12. The molecule has 3 nitrogen and oxygen atoms in total. The van der Waals surface area contributed by atoms with Crippen molar-refractivity contribution in [1.29, 1.82) is 0 Å². The van der Waals surface area contributed by atoms with Gasteiger partial charge in [0.1, 0.15) is 5.82 Å². The summed E-state index contributed by atoms with van der Waals surface area (Å²) in [6.45, 7) is 0. The van der Waals surface area contributed by atoms with Gasteiger partial charge in [0, 0.05) is 10.1 Å². The van der Waals surface area contributed by atoms with Crippen LogP contribution < -0.4 is 11.5 Å². The molecule has 0 aliphatic heterocycles. The monoisotopic (exact) mass is 286 g/mol. The number of halogens is 1. The summed E-state index contributed by atoms with van der Waals surface area (Å²) in [4.78, 5) is 11.4. The van der Waals surface area contributed by atoms with Crippen molar-refractivity contribution in [1.82, 2.24) is 0 Å². The lowest BCUT2D eigenvalue weighted by molar-refractivity contribution is 0.100. The highest BCUT2D eigenvalue weighted by Crippen LogP contribution is 2.35. The van der Waals surface area contributed by atoms with Crippen LogP contribution in [0.2, 0.25) is 0 Å². The van der Waals surface area contributed by atoms with Crippen molar-refractivity contribution in [3.63, 3.8) is 0 Å². The van der Waals surface area contributed by atoms with E-state index in [1.165, 1.54) is 23.5 Å². The quantitative estimate of drug-likeness (QED) is 0.758. The van der Waals surface area contributed by atoms with Crippen LogP contribution in [0.15, 0.2) is 42.5 Å². The Hall–Kier alpha value is -2.40. The van der Waals surface area contributed by atoms with Crippen LogP contribution in [0.3, 0.4) is 0 Å². The molecule has 5 heteroatoms. The van der Waals surface area contributed by atoms with Crippen molar-refractivity contribution in [3.05, 3.63) is 53.8 Å². The zero-order valence-electron chi connectivity index (χ0n) is 10.4. The molecule has 0 aliphatic rings. The number of primary amides is 1. The molecular formula is C15H11FN2OS. The first-order chi connectivity index (χ1) is 9.56. The van der Waals surface area contributed by atoms with Crippen LogP contribution in [0.4, 0.5) is 9.39 Å². The minimum absolute atomic E-state index is 0.272. The fourth-order valence-electron chi connectivity index (χ4n) is 2.19. The minimum atomic E-state index is -0.525. The molecule has 1 amide bonds. The number of carbonyl (C=O) groups excluding carboxylic acids is 1. The van der Waals surface area contributed by atoms with Crippen LogP contribution in [0, 0.1) is 5.82 Å². The average molecular weight is 286 g/mol. The molecule has 4 N–H and O–H groups in total. The number of rotatable bonds is 2. The second-order valence-corrected chi connectivity index (χ2v) is 5.51. The molecule has 20 heavy (non-hydrogen) atoms. The molecule has 0 saturated heterocycles. The number of nitrogen functional groups attached to an aromatic ring is 1. The number of hydrogen-bond acceptors (Lipinski definition) is 3. The number of thiophene rings is 1. The van der Waals surface area contributed by atoms with E-state index < -0.39 is 5.91 Å². The summed E-state index contributed by atoms with van der Waals surface area (Å²) in [6.07, 6.45) is 0. The van der Waals surface area contributed by atoms with Crippen molar-refractivity contribution in [2.24, 2.45) is 5.73 Å². The molecule has 100 valence electrons. The first-order valence-electron chi connectivity index (χ1n) is 5.94. The third kappa shape index (κ3) is 2.02. The van der Waals surface area contributed by atoms with Gasteiger partial charge in [0.05, 0.1) is 10.6 Å². The number of nitrogens with two attached hydrogens (primary N) is 2. The SMILES string of the molecule is NC(=O)c1c(N)sc2cc(-c3ccc(F)cc3)ccc12. The molecule has 0 aliphatic carbocycles. The van der Waals surface area contributed by atoms with Gasteiger partial charge in [-0.15, -0.1) is 11.3 Å². The van der Waals surface area contributed by atoms with Gasteiger partial charge in [-0.25, -0.2) is 4.39 Å². The van der Waals surface area contributed by atoms with Crippen LogP contribution >= 0.6 is 11.3 Å². The first-order valence-corrected chi connectivity index (χ1v) is 6.75. The molecule has 3 aromatic rings. The Balaban J connectivity index is 2.17. The van der Waals surface area contributed by atoms with Crippen molar-refractivity contribution >= 4 is 32.3 Å². The van der Waals surface area contributed by atoms with Crippen LogP contribution in [0.1, 0.15) is 10.4 Å².